The third-order valence-corrected chi connectivity index (χ3v) is 7.10. The summed E-state index contributed by atoms with van der Waals surface area (Å²) in [7, 11) is 0. The monoisotopic (exact) mass is 547 g/mol. The SMILES string of the molecule is C[C@@H](CN(CCCOc1cccc(C(C)(C)C(=O)O)c1)Cc1cccc(C(F)(F)F)c1Cl)c1ccccc1. The van der Waals surface area contributed by atoms with Gasteiger partial charge in [-0.25, -0.2) is 0 Å². The number of halogens is 4. The standard InChI is InChI=1S/C30H33ClF3NO3/c1-21(22-10-5-4-6-11-22)19-35(20-23-12-7-15-26(27(23)31)30(32,33)34)16-9-17-38-25-14-8-13-24(18-25)29(2,3)28(36)37/h4-8,10-15,18,21H,9,16-17,19-20H2,1-3H3,(H,36,37)/t21-/m0/s1. The first-order chi connectivity index (χ1) is 17.9. The van der Waals surface area contributed by atoms with Gasteiger partial charge in [0.15, 0.2) is 0 Å². The van der Waals surface area contributed by atoms with Gasteiger partial charge in [-0.3, -0.25) is 9.69 Å². The van der Waals surface area contributed by atoms with Crippen LogP contribution in [0.15, 0.2) is 72.8 Å². The molecule has 1 atom stereocenters. The molecule has 38 heavy (non-hydrogen) atoms. The molecule has 0 saturated carbocycles. The number of carbonyl (C=O) groups is 1. The van der Waals surface area contributed by atoms with Crippen molar-refractivity contribution in [1.82, 2.24) is 4.90 Å². The Balaban J connectivity index is 1.70. The molecule has 0 saturated heterocycles. The van der Waals surface area contributed by atoms with Crippen molar-refractivity contribution in [2.24, 2.45) is 0 Å². The van der Waals surface area contributed by atoms with E-state index < -0.39 is 23.1 Å². The van der Waals surface area contributed by atoms with Crippen LogP contribution in [0.1, 0.15) is 55.4 Å². The predicted molar refractivity (Wildman–Crippen MR) is 144 cm³/mol. The van der Waals surface area contributed by atoms with Gasteiger partial charge in [0.2, 0.25) is 0 Å². The summed E-state index contributed by atoms with van der Waals surface area (Å²) in [5, 5.41) is 9.23. The lowest BCUT2D eigenvalue weighted by atomic mass is 9.85. The van der Waals surface area contributed by atoms with Crippen LogP contribution in [0.5, 0.6) is 5.75 Å². The van der Waals surface area contributed by atoms with E-state index in [0.717, 1.165) is 11.6 Å². The zero-order valence-corrected chi connectivity index (χ0v) is 22.5. The van der Waals surface area contributed by atoms with E-state index in [1.54, 1.807) is 44.2 Å². The van der Waals surface area contributed by atoms with Crippen molar-refractivity contribution in [3.8, 4) is 5.75 Å². The zero-order chi connectivity index (χ0) is 27.9. The van der Waals surface area contributed by atoms with Crippen LogP contribution >= 0.6 is 11.6 Å². The van der Waals surface area contributed by atoms with Crippen molar-refractivity contribution in [1.29, 1.82) is 0 Å². The van der Waals surface area contributed by atoms with E-state index in [1.807, 2.05) is 30.3 Å². The van der Waals surface area contributed by atoms with E-state index in [0.29, 0.717) is 43.0 Å². The Morgan fingerprint density at radius 3 is 2.37 bits per heavy atom. The van der Waals surface area contributed by atoms with Crippen LogP contribution in [-0.4, -0.2) is 35.7 Å². The van der Waals surface area contributed by atoms with E-state index in [-0.39, 0.29) is 17.5 Å². The van der Waals surface area contributed by atoms with Gasteiger partial charge < -0.3 is 9.84 Å². The Kier molecular flexibility index (Phi) is 9.85. The molecule has 0 amide bonds. The van der Waals surface area contributed by atoms with Gasteiger partial charge in [-0.1, -0.05) is 73.1 Å². The summed E-state index contributed by atoms with van der Waals surface area (Å²) in [5.41, 5.74) is 0.321. The maximum absolute atomic E-state index is 13.4. The highest BCUT2D eigenvalue weighted by Crippen LogP contribution is 2.36. The van der Waals surface area contributed by atoms with E-state index >= 15 is 0 Å². The minimum Gasteiger partial charge on any atom is -0.494 e. The van der Waals surface area contributed by atoms with Gasteiger partial charge in [0.05, 0.1) is 22.6 Å². The fourth-order valence-corrected chi connectivity index (χ4v) is 4.54. The van der Waals surface area contributed by atoms with Crippen LogP contribution in [0.4, 0.5) is 13.2 Å². The van der Waals surface area contributed by atoms with Crippen LogP contribution in [0, 0.1) is 0 Å². The molecular formula is C30H33ClF3NO3. The molecule has 3 aromatic rings. The third kappa shape index (κ3) is 7.74. The van der Waals surface area contributed by atoms with Crippen LogP contribution in [-0.2, 0) is 22.9 Å². The molecule has 0 aliphatic rings. The number of carboxylic acid groups (broad SMARTS) is 1. The molecule has 0 aromatic heterocycles. The highest BCUT2D eigenvalue weighted by atomic mass is 35.5. The van der Waals surface area contributed by atoms with Crippen LogP contribution < -0.4 is 4.74 Å². The van der Waals surface area contributed by atoms with E-state index in [1.165, 1.54) is 6.07 Å². The molecule has 0 unspecified atom stereocenters. The van der Waals surface area contributed by atoms with Gasteiger partial charge in [0.1, 0.15) is 5.75 Å². The first kappa shape index (κ1) is 29.5. The average Bonchev–Trinajstić information content (AvgIpc) is 2.87. The Labute approximate surface area is 227 Å². The molecular weight excluding hydrogens is 515 g/mol. The number of hydrogen-bond donors (Lipinski definition) is 1. The minimum absolute atomic E-state index is 0.150. The second-order valence-corrected chi connectivity index (χ2v) is 10.4. The van der Waals surface area contributed by atoms with Gasteiger partial charge in [-0.2, -0.15) is 13.2 Å². The maximum Gasteiger partial charge on any atom is 0.417 e. The normalized spacial score (nSPS) is 12.9. The van der Waals surface area contributed by atoms with Crippen molar-refractivity contribution in [2.75, 3.05) is 19.7 Å². The molecule has 3 rings (SSSR count). The number of aliphatic carboxylic acids is 1. The summed E-state index contributed by atoms with van der Waals surface area (Å²) in [6.45, 7) is 7.19. The van der Waals surface area contributed by atoms with Gasteiger partial charge in [-0.05, 0) is 61.1 Å². The van der Waals surface area contributed by atoms with Gasteiger partial charge in [-0.15, -0.1) is 0 Å². The quantitative estimate of drug-likeness (QED) is 0.235. The highest BCUT2D eigenvalue weighted by Gasteiger charge is 2.34. The minimum atomic E-state index is -4.52. The van der Waals surface area contributed by atoms with Gasteiger partial charge in [0.25, 0.3) is 0 Å². The second kappa shape index (κ2) is 12.7. The first-order valence-corrected chi connectivity index (χ1v) is 12.9. The fourth-order valence-electron chi connectivity index (χ4n) is 4.25. The number of benzene rings is 3. The molecule has 0 fully saturated rings. The van der Waals surface area contributed by atoms with Gasteiger partial charge in [0, 0.05) is 19.6 Å². The fraction of sp³-hybridized carbons (Fsp3) is 0.367. The van der Waals surface area contributed by atoms with Crippen molar-refractivity contribution < 1.29 is 27.8 Å². The summed E-state index contributed by atoms with van der Waals surface area (Å²) >= 11 is 6.19. The van der Waals surface area contributed by atoms with Crippen molar-refractivity contribution in [3.63, 3.8) is 0 Å². The molecule has 8 heteroatoms. The summed E-state index contributed by atoms with van der Waals surface area (Å²) < 4.78 is 46.1. The number of ether oxygens (including phenoxy) is 1. The van der Waals surface area contributed by atoms with Crippen LogP contribution in [0.3, 0.4) is 0 Å². The molecule has 1 N–H and O–H groups in total. The predicted octanol–water partition coefficient (Wildman–Crippen LogP) is 7.80. The second-order valence-electron chi connectivity index (χ2n) is 9.98. The molecule has 0 radical (unpaired) electrons. The molecule has 0 aliphatic heterocycles. The molecule has 0 aliphatic carbocycles. The van der Waals surface area contributed by atoms with E-state index in [4.69, 9.17) is 16.3 Å². The third-order valence-electron chi connectivity index (χ3n) is 6.66. The van der Waals surface area contributed by atoms with Crippen molar-refractivity contribution in [2.45, 2.75) is 51.2 Å². The Bertz CT molecular complexity index is 1210. The summed E-state index contributed by atoms with van der Waals surface area (Å²) in [6.07, 6.45) is -3.91. The van der Waals surface area contributed by atoms with Crippen LogP contribution in [0.2, 0.25) is 5.02 Å². The molecule has 0 bridgehead atoms. The highest BCUT2D eigenvalue weighted by molar-refractivity contribution is 6.32. The van der Waals surface area contributed by atoms with E-state index in [2.05, 4.69) is 11.8 Å². The number of nitrogens with zero attached hydrogens (tertiary/aromatic N) is 1. The molecule has 4 nitrogen and oxygen atoms in total. The van der Waals surface area contributed by atoms with Crippen molar-refractivity contribution >= 4 is 17.6 Å². The smallest absolute Gasteiger partial charge is 0.417 e. The largest absolute Gasteiger partial charge is 0.494 e. The summed E-state index contributed by atoms with van der Waals surface area (Å²) in [5.74, 6) is -0.204. The number of carboxylic acids is 1. The lowest BCUT2D eigenvalue weighted by Crippen LogP contribution is -2.30. The number of hydrogen-bond acceptors (Lipinski definition) is 3. The molecule has 204 valence electrons. The first-order valence-electron chi connectivity index (χ1n) is 12.5. The average molecular weight is 548 g/mol. The summed E-state index contributed by atoms with van der Waals surface area (Å²) in [6, 6.07) is 21.0. The lowest BCUT2D eigenvalue weighted by Gasteiger charge is -2.27. The Morgan fingerprint density at radius 1 is 1.03 bits per heavy atom. The van der Waals surface area contributed by atoms with Crippen LogP contribution in [0.25, 0.3) is 0 Å². The lowest BCUT2D eigenvalue weighted by molar-refractivity contribution is -0.142. The number of rotatable bonds is 12. The topological polar surface area (TPSA) is 49.8 Å². The maximum atomic E-state index is 13.4. The Morgan fingerprint density at radius 2 is 1.71 bits per heavy atom. The van der Waals surface area contributed by atoms with Gasteiger partial charge >= 0.3 is 12.1 Å². The van der Waals surface area contributed by atoms with Crippen molar-refractivity contribution in [3.05, 3.63) is 100 Å². The summed E-state index contributed by atoms with van der Waals surface area (Å²) in [4.78, 5) is 13.7. The molecule has 3 aromatic carbocycles. The number of alkyl halides is 3. The Hall–Kier alpha value is -3.03. The molecule has 0 heterocycles. The zero-order valence-electron chi connectivity index (χ0n) is 21.8. The molecule has 0 spiro atoms. The van der Waals surface area contributed by atoms with E-state index in [9.17, 15) is 23.1 Å².